The van der Waals surface area contributed by atoms with Crippen molar-refractivity contribution in [3.8, 4) is 0 Å². The van der Waals surface area contributed by atoms with Gasteiger partial charge >= 0.3 is 0 Å². The Kier molecular flexibility index (Phi) is 4.37. The molecule has 1 fully saturated rings. The number of ketones is 1. The summed E-state index contributed by atoms with van der Waals surface area (Å²) in [6, 6.07) is 0. The van der Waals surface area contributed by atoms with Gasteiger partial charge in [-0.05, 0) is 32.1 Å². The fourth-order valence-corrected chi connectivity index (χ4v) is 2.31. The Morgan fingerprint density at radius 3 is 2.60 bits per heavy atom. The molecule has 1 N–H and O–H groups in total. The van der Waals surface area contributed by atoms with Gasteiger partial charge in [0, 0.05) is 17.4 Å². The third-order valence-corrected chi connectivity index (χ3v) is 3.49. The summed E-state index contributed by atoms with van der Waals surface area (Å²) in [7, 11) is 0. The minimum absolute atomic E-state index is 0.102. The van der Waals surface area contributed by atoms with Gasteiger partial charge < -0.3 is 5.11 Å². The van der Waals surface area contributed by atoms with E-state index in [0.717, 1.165) is 32.1 Å². The fourth-order valence-electron chi connectivity index (χ4n) is 2.31. The van der Waals surface area contributed by atoms with Crippen LogP contribution in [0.4, 0.5) is 0 Å². The smallest absolute Gasteiger partial charge is 0.165 e. The molecule has 86 valence electrons. The van der Waals surface area contributed by atoms with Crippen LogP contribution in [0.3, 0.4) is 0 Å². The van der Waals surface area contributed by atoms with Crippen molar-refractivity contribution in [2.45, 2.75) is 52.9 Å². The minimum atomic E-state index is 0.102. The zero-order valence-corrected chi connectivity index (χ0v) is 10.0. The molecule has 2 heteroatoms. The number of hydrogen-bond donors (Lipinski definition) is 1. The van der Waals surface area contributed by atoms with Crippen molar-refractivity contribution in [1.29, 1.82) is 0 Å². The van der Waals surface area contributed by atoms with E-state index in [2.05, 4.69) is 13.8 Å². The first-order valence-corrected chi connectivity index (χ1v) is 6.07. The molecular weight excluding hydrogens is 188 g/mol. The van der Waals surface area contributed by atoms with Gasteiger partial charge in [-0.15, -0.1) is 0 Å². The summed E-state index contributed by atoms with van der Waals surface area (Å²) in [5.74, 6) is 0.821. The zero-order valence-electron chi connectivity index (χ0n) is 10.0. The highest BCUT2D eigenvalue weighted by molar-refractivity contribution is 5.98. The van der Waals surface area contributed by atoms with E-state index in [4.69, 9.17) is 0 Å². The van der Waals surface area contributed by atoms with Gasteiger partial charge in [-0.1, -0.05) is 20.8 Å². The second kappa shape index (κ2) is 5.34. The molecule has 2 nitrogen and oxygen atoms in total. The highest BCUT2D eigenvalue weighted by Gasteiger charge is 2.27. The van der Waals surface area contributed by atoms with E-state index in [9.17, 15) is 9.90 Å². The summed E-state index contributed by atoms with van der Waals surface area (Å²) in [4.78, 5) is 11.9. The molecule has 0 aromatic carbocycles. The summed E-state index contributed by atoms with van der Waals surface area (Å²) < 4.78 is 0. The Hall–Kier alpha value is -0.790. The van der Waals surface area contributed by atoms with Crippen LogP contribution >= 0.6 is 0 Å². The van der Waals surface area contributed by atoms with Crippen LogP contribution in [-0.2, 0) is 4.79 Å². The van der Waals surface area contributed by atoms with Gasteiger partial charge in [-0.3, -0.25) is 4.79 Å². The highest BCUT2D eigenvalue weighted by atomic mass is 16.3. The highest BCUT2D eigenvalue weighted by Crippen LogP contribution is 2.30. The quantitative estimate of drug-likeness (QED) is 0.570. The van der Waals surface area contributed by atoms with Gasteiger partial charge in [-0.2, -0.15) is 0 Å². The predicted molar refractivity (Wildman–Crippen MR) is 61.7 cm³/mol. The molecule has 0 amide bonds. The molecule has 0 heterocycles. The van der Waals surface area contributed by atoms with Crippen LogP contribution in [0.1, 0.15) is 52.9 Å². The molecule has 15 heavy (non-hydrogen) atoms. The van der Waals surface area contributed by atoms with Crippen LogP contribution < -0.4 is 0 Å². The second-order valence-corrected chi connectivity index (χ2v) is 4.53. The molecule has 1 rings (SSSR count). The largest absolute Gasteiger partial charge is 0.512 e. The Labute approximate surface area is 92.4 Å². The number of hydrogen-bond acceptors (Lipinski definition) is 2. The van der Waals surface area contributed by atoms with Crippen molar-refractivity contribution in [3.63, 3.8) is 0 Å². The van der Waals surface area contributed by atoms with Crippen molar-refractivity contribution in [2.75, 3.05) is 0 Å². The zero-order chi connectivity index (χ0) is 11.4. The Morgan fingerprint density at radius 2 is 2.07 bits per heavy atom. The lowest BCUT2D eigenvalue weighted by Crippen LogP contribution is -2.22. The summed E-state index contributed by atoms with van der Waals surface area (Å²) in [6.45, 7) is 6.07. The lowest BCUT2D eigenvalue weighted by atomic mass is 9.82. The van der Waals surface area contributed by atoms with Crippen LogP contribution in [0.25, 0.3) is 0 Å². The first kappa shape index (κ1) is 12.3. The number of aliphatic hydroxyl groups is 1. The predicted octanol–water partition coefficient (Wildman–Crippen LogP) is 3.62. The number of aliphatic hydroxyl groups excluding tert-OH is 1. The first-order chi connectivity index (χ1) is 7.11. The number of carbonyl (C=O) groups excluding carboxylic acids is 1. The normalized spacial score (nSPS) is 25.9. The van der Waals surface area contributed by atoms with Crippen molar-refractivity contribution < 1.29 is 9.90 Å². The molecule has 0 aromatic rings. The SMILES string of the molecule is CCC(CC)C(O)=C1CCCC(C)C1=O. The van der Waals surface area contributed by atoms with E-state index >= 15 is 0 Å². The topological polar surface area (TPSA) is 37.3 Å². The van der Waals surface area contributed by atoms with Crippen LogP contribution in [0, 0.1) is 11.8 Å². The Bertz CT molecular complexity index is 262. The molecule has 0 spiro atoms. The maximum atomic E-state index is 11.9. The van der Waals surface area contributed by atoms with E-state index in [1.807, 2.05) is 6.92 Å². The molecule has 1 atom stereocenters. The third kappa shape index (κ3) is 2.61. The second-order valence-electron chi connectivity index (χ2n) is 4.53. The number of allylic oxidation sites excluding steroid dienone is 2. The molecule has 0 aromatic heterocycles. The first-order valence-electron chi connectivity index (χ1n) is 6.07. The summed E-state index contributed by atoms with van der Waals surface area (Å²) in [6.07, 6.45) is 4.59. The number of Topliss-reactive ketones (excluding diaryl/α,β-unsaturated/α-hetero) is 1. The van der Waals surface area contributed by atoms with Gasteiger partial charge in [0.15, 0.2) is 5.78 Å². The molecule has 0 aliphatic heterocycles. The van der Waals surface area contributed by atoms with E-state index in [-0.39, 0.29) is 17.6 Å². The average molecular weight is 210 g/mol. The average Bonchev–Trinajstić information content (AvgIpc) is 2.23. The van der Waals surface area contributed by atoms with Crippen molar-refractivity contribution in [2.24, 2.45) is 11.8 Å². The molecule has 0 radical (unpaired) electrons. The minimum Gasteiger partial charge on any atom is -0.512 e. The van der Waals surface area contributed by atoms with E-state index in [1.54, 1.807) is 0 Å². The monoisotopic (exact) mass is 210 g/mol. The van der Waals surface area contributed by atoms with Crippen LogP contribution in [0.5, 0.6) is 0 Å². The van der Waals surface area contributed by atoms with E-state index < -0.39 is 0 Å². The molecule has 1 aliphatic carbocycles. The van der Waals surface area contributed by atoms with Crippen molar-refractivity contribution >= 4 is 5.78 Å². The molecule has 0 saturated heterocycles. The lowest BCUT2D eigenvalue weighted by Gasteiger charge is -2.23. The van der Waals surface area contributed by atoms with Crippen molar-refractivity contribution in [1.82, 2.24) is 0 Å². The summed E-state index contributed by atoms with van der Waals surface area (Å²) >= 11 is 0. The molecular formula is C13H22O2. The molecule has 0 bridgehead atoms. The van der Waals surface area contributed by atoms with Gasteiger partial charge in [0.25, 0.3) is 0 Å². The third-order valence-electron chi connectivity index (χ3n) is 3.49. The van der Waals surface area contributed by atoms with Gasteiger partial charge in [0.05, 0.1) is 0 Å². The van der Waals surface area contributed by atoms with Crippen LogP contribution in [0.2, 0.25) is 0 Å². The molecule has 1 aliphatic rings. The molecule has 1 saturated carbocycles. The molecule has 1 unspecified atom stereocenters. The maximum Gasteiger partial charge on any atom is 0.165 e. The standard InChI is InChI=1S/C13H22O2/c1-4-10(5-2)13(15)11-8-6-7-9(3)12(11)14/h9-10,15H,4-8H2,1-3H3. The lowest BCUT2D eigenvalue weighted by molar-refractivity contribution is -0.120. The number of carbonyl (C=O) groups is 1. The number of rotatable bonds is 3. The van der Waals surface area contributed by atoms with Gasteiger partial charge in [0.2, 0.25) is 0 Å². The Morgan fingerprint density at radius 1 is 1.47 bits per heavy atom. The van der Waals surface area contributed by atoms with E-state index in [1.165, 1.54) is 0 Å². The van der Waals surface area contributed by atoms with Crippen LogP contribution in [0.15, 0.2) is 11.3 Å². The van der Waals surface area contributed by atoms with Crippen molar-refractivity contribution in [3.05, 3.63) is 11.3 Å². The fraction of sp³-hybridized carbons (Fsp3) is 0.769. The van der Waals surface area contributed by atoms with Crippen LogP contribution in [-0.4, -0.2) is 10.9 Å². The van der Waals surface area contributed by atoms with Gasteiger partial charge in [0.1, 0.15) is 5.76 Å². The summed E-state index contributed by atoms with van der Waals surface area (Å²) in [5, 5.41) is 10.1. The van der Waals surface area contributed by atoms with Gasteiger partial charge in [-0.25, -0.2) is 0 Å². The van der Waals surface area contributed by atoms with E-state index in [0.29, 0.717) is 11.3 Å². The Balaban J connectivity index is 2.90. The summed E-state index contributed by atoms with van der Waals surface area (Å²) in [5.41, 5.74) is 0.711. The maximum absolute atomic E-state index is 11.9.